The van der Waals surface area contributed by atoms with Crippen LogP contribution in [0.3, 0.4) is 0 Å². The van der Waals surface area contributed by atoms with E-state index in [2.05, 4.69) is 5.32 Å². The van der Waals surface area contributed by atoms with E-state index in [0.717, 1.165) is 6.42 Å². The van der Waals surface area contributed by atoms with Crippen LogP contribution in [0.1, 0.15) is 25.8 Å². The second-order valence-electron chi connectivity index (χ2n) is 4.40. The Morgan fingerprint density at radius 2 is 2.26 bits per heavy atom. The smallest absolute Gasteiger partial charge is 0.241 e. The predicted octanol–water partition coefficient (Wildman–Crippen LogP) is 1.88. The predicted molar refractivity (Wildman–Crippen MR) is 73.8 cm³/mol. The number of hydrogen-bond donors (Lipinski definition) is 2. The number of hydrogen-bond acceptors (Lipinski definition) is 4. The Balaban J connectivity index is 2.99. The molecule has 1 unspecified atom stereocenters. The van der Waals surface area contributed by atoms with Gasteiger partial charge in [0.05, 0.1) is 18.7 Å². The first-order valence-corrected chi connectivity index (χ1v) is 6.18. The molecule has 0 saturated heterocycles. The van der Waals surface area contributed by atoms with Crippen molar-refractivity contribution in [1.82, 2.24) is 0 Å². The lowest BCUT2D eigenvalue weighted by Crippen LogP contribution is -2.40. The Morgan fingerprint density at radius 1 is 1.58 bits per heavy atom. The van der Waals surface area contributed by atoms with Crippen molar-refractivity contribution in [2.45, 2.75) is 26.3 Å². The third-order valence-electron chi connectivity index (χ3n) is 3.17. The van der Waals surface area contributed by atoms with Crippen molar-refractivity contribution in [3.05, 3.63) is 23.8 Å². The quantitative estimate of drug-likeness (QED) is 0.847. The van der Waals surface area contributed by atoms with E-state index in [0.29, 0.717) is 17.0 Å². The summed E-state index contributed by atoms with van der Waals surface area (Å²) >= 11 is 0. The first-order valence-electron chi connectivity index (χ1n) is 6.18. The standard InChI is InChI=1S/C14H19N3O2/c1-4-9(2)12(16)14(18)17-13-10(8-15)6-5-7-11(13)19-3/h5-7,9,12H,4,16H2,1-3H3,(H,17,18)/t9?,12-/m0/s1. The van der Waals surface area contributed by atoms with E-state index >= 15 is 0 Å². The molecule has 0 radical (unpaired) electrons. The number of nitrogens with zero attached hydrogens (tertiary/aromatic N) is 1. The number of ether oxygens (including phenoxy) is 1. The van der Waals surface area contributed by atoms with Crippen molar-refractivity contribution in [3.63, 3.8) is 0 Å². The maximum Gasteiger partial charge on any atom is 0.241 e. The molecule has 0 spiro atoms. The van der Waals surface area contributed by atoms with E-state index in [1.54, 1.807) is 18.2 Å². The lowest BCUT2D eigenvalue weighted by Gasteiger charge is -2.19. The Bertz CT molecular complexity index is 494. The fraction of sp³-hybridized carbons (Fsp3) is 0.429. The molecule has 1 aromatic rings. The molecule has 0 bridgehead atoms. The van der Waals surface area contributed by atoms with Crippen LogP contribution < -0.4 is 15.8 Å². The molecule has 0 saturated carbocycles. The normalized spacial score (nSPS) is 13.2. The summed E-state index contributed by atoms with van der Waals surface area (Å²) < 4.78 is 5.15. The molecule has 19 heavy (non-hydrogen) atoms. The number of methoxy groups -OCH3 is 1. The molecule has 0 fully saturated rings. The number of carbonyl (C=O) groups excluding carboxylic acids is 1. The van der Waals surface area contributed by atoms with Crippen LogP contribution in [0.2, 0.25) is 0 Å². The average Bonchev–Trinajstić information content (AvgIpc) is 2.45. The SMILES string of the molecule is CCC(C)[C@H](N)C(=O)Nc1c(C#N)cccc1OC. The van der Waals surface area contributed by atoms with Gasteiger partial charge in [0.25, 0.3) is 0 Å². The molecule has 0 heterocycles. The third-order valence-corrected chi connectivity index (χ3v) is 3.17. The van der Waals surface area contributed by atoms with Gasteiger partial charge in [-0.3, -0.25) is 4.79 Å². The average molecular weight is 261 g/mol. The number of amides is 1. The molecule has 1 rings (SSSR count). The molecule has 5 heteroatoms. The summed E-state index contributed by atoms with van der Waals surface area (Å²) in [7, 11) is 1.49. The molecule has 3 N–H and O–H groups in total. The summed E-state index contributed by atoms with van der Waals surface area (Å²) in [4.78, 5) is 12.0. The summed E-state index contributed by atoms with van der Waals surface area (Å²) in [6.45, 7) is 3.89. The summed E-state index contributed by atoms with van der Waals surface area (Å²) in [5.41, 5.74) is 6.59. The molecule has 0 aliphatic rings. The van der Waals surface area contributed by atoms with Crippen LogP contribution in [0, 0.1) is 17.2 Å². The Hall–Kier alpha value is -2.06. The number of benzene rings is 1. The Labute approximate surface area is 113 Å². The van der Waals surface area contributed by atoms with Gasteiger partial charge in [0.2, 0.25) is 5.91 Å². The minimum Gasteiger partial charge on any atom is -0.495 e. The van der Waals surface area contributed by atoms with E-state index in [9.17, 15) is 4.79 Å². The van der Waals surface area contributed by atoms with Crippen LogP contribution in [-0.4, -0.2) is 19.1 Å². The van der Waals surface area contributed by atoms with Crippen molar-refractivity contribution in [2.24, 2.45) is 11.7 Å². The monoisotopic (exact) mass is 261 g/mol. The molecule has 0 aliphatic heterocycles. The Morgan fingerprint density at radius 3 is 2.79 bits per heavy atom. The summed E-state index contributed by atoms with van der Waals surface area (Å²) in [5.74, 6) is 0.208. The molecular formula is C14H19N3O2. The van der Waals surface area contributed by atoms with Gasteiger partial charge >= 0.3 is 0 Å². The van der Waals surface area contributed by atoms with Crippen molar-refractivity contribution in [3.8, 4) is 11.8 Å². The van der Waals surface area contributed by atoms with E-state index in [1.807, 2.05) is 19.9 Å². The van der Waals surface area contributed by atoms with Crippen LogP contribution >= 0.6 is 0 Å². The maximum atomic E-state index is 12.0. The van der Waals surface area contributed by atoms with Gasteiger partial charge in [-0.25, -0.2) is 0 Å². The molecule has 2 atom stereocenters. The van der Waals surface area contributed by atoms with E-state index in [4.69, 9.17) is 15.7 Å². The van der Waals surface area contributed by atoms with Gasteiger partial charge in [-0.1, -0.05) is 26.3 Å². The highest BCUT2D eigenvalue weighted by molar-refractivity contribution is 5.97. The van der Waals surface area contributed by atoms with Gasteiger partial charge in [-0.15, -0.1) is 0 Å². The van der Waals surface area contributed by atoms with Crippen molar-refractivity contribution in [2.75, 3.05) is 12.4 Å². The number of nitriles is 1. The lowest BCUT2D eigenvalue weighted by molar-refractivity contribution is -0.118. The topological polar surface area (TPSA) is 88.1 Å². The van der Waals surface area contributed by atoms with Crippen LogP contribution in [0.25, 0.3) is 0 Å². The van der Waals surface area contributed by atoms with E-state index < -0.39 is 6.04 Å². The second kappa shape index (κ2) is 6.76. The van der Waals surface area contributed by atoms with Gasteiger partial charge in [0, 0.05) is 0 Å². The van der Waals surface area contributed by atoms with Crippen LogP contribution in [0.5, 0.6) is 5.75 Å². The summed E-state index contributed by atoms with van der Waals surface area (Å²) in [6, 6.07) is 6.41. The molecule has 1 aromatic carbocycles. The van der Waals surface area contributed by atoms with Crippen LogP contribution in [-0.2, 0) is 4.79 Å². The van der Waals surface area contributed by atoms with Gasteiger partial charge in [0.1, 0.15) is 17.5 Å². The molecule has 0 aromatic heterocycles. The van der Waals surface area contributed by atoms with Crippen molar-refractivity contribution >= 4 is 11.6 Å². The minimum atomic E-state index is -0.610. The minimum absolute atomic E-state index is 0.0697. The Kier molecular flexibility index (Phi) is 5.34. The largest absolute Gasteiger partial charge is 0.495 e. The van der Waals surface area contributed by atoms with Crippen LogP contribution in [0.15, 0.2) is 18.2 Å². The number of para-hydroxylation sites is 1. The van der Waals surface area contributed by atoms with Crippen molar-refractivity contribution < 1.29 is 9.53 Å². The highest BCUT2D eigenvalue weighted by Gasteiger charge is 2.21. The first-order chi connectivity index (χ1) is 9.04. The molecule has 102 valence electrons. The number of rotatable bonds is 5. The van der Waals surface area contributed by atoms with Gasteiger partial charge < -0.3 is 15.8 Å². The highest BCUT2D eigenvalue weighted by atomic mass is 16.5. The number of anilines is 1. The molecule has 5 nitrogen and oxygen atoms in total. The lowest BCUT2D eigenvalue weighted by atomic mass is 9.99. The first kappa shape index (κ1) is 15.0. The fourth-order valence-electron chi connectivity index (χ4n) is 1.64. The maximum absolute atomic E-state index is 12.0. The second-order valence-corrected chi connectivity index (χ2v) is 4.40. The molecule has 1 amide bonds. The fourth-order valence-corrected chi connectivity index (χ4v) is 1.64. The zero-order chi connectivity index (χ0) is 14.4. The number of nitrogens with two attached hydrogens (primary N) is 1. The van der Waals surface area contributed by atoms with Gasteiger partial charge in [-0.05, 0) is 18.1 Å². The molecule has 0 aliphatic carbocycles. The van der Waals surface area contributed by atoms with Crippen molar-refractivity contribution in [1.29, 1.82) is 5.26 Å². The zero-order valence-electron chi connectivity index (χ0n) is 11.4. The number of carbonyl (C=O) groups is 1. The number of nitrogens with one attached hydrogen (secondary N) is 1. The van der Waals surface area contributed by atoms with E-state index in [-0.39, 0.29) is 11.8 Å². The van der Waals surface area contributed by atoms with Gasteiger partial charge in [0.15, 0.2) is 0 Å². The van der Waals surface area contributed by atoms with Gasteiger partial charge in [-0.2, -0.15) is 5.26 Å². The van der Waals surface area contributed by atoms with Crippen LogP contribution in [0.4, 0.5) is 5.69 Å². The summed E-state index contributed by atoms with van der Waals surface area (Å²) in [5, 5.41) is 11.7. The third kappa shape index (κ3) is 3.46. The molecular weight excluding hydrogens is 242 g/mol. The van der Waals surface area contributed by atoms with E-state index in [1.165, 1.54) is 7.11 Å². The summed E-state index contributed by atoms with van der Waals surface area (Å²) in [6.07, 6.45) is 0.811. The highest BCUT2D eigenvalue weighted by Crippen LogP contribution is 2.28. The zero-order valence-corrected chi connectivity index (χ0v) is 11.4.